The number of esters is 1. The van der Waals surface area contributed by atoms with Gasteiger partial charge >= 0.3 is 5.97 Å². The van der Waals surface area contributed by atoms with Gasteiger partial charge in [-0.2, -0.15) is 0 Å². The number of aromatic nitrogens is 2. The third-order valence-corrected chi connectivity index (χ3v) is 4.83. The smallest absolute Gasteiger partial charge is 0.354 e. The molecule has 0 atom stereocenters. The molecule has 0 aliphatic heterocycles. The Morgan fingerprint density at radius 3 is 2.47 bits per heavy atom. The maximum absolute atomic E-state index is 12.6. The molecule has 0 saturated carbocycles. The van der Waals surface area contributed by atoms with Gasteiger partial charge in [-0.3, -0.25) is 10.1 Å². The van der Waals surface area contributed by atoms with E-state index in [-0.39, 0.29) is 18.0 Å². The third kappa shape index (κ3) is 3.53. The van der Waals surface area contributed by atoms with E-state index >= 15 is 0 Å². The molecule has 0 aliphatic carbocycles. The molecule has 0 fully saturated rings. The molecule has 0 saturated heterocycles. The molecule has 8 heteroatoms. The van der Waals surface area contributed by atoms with Crippen molar-refractivity contribution in [3.8, 4) is 22.4 Å². The monoisotopic (exact) mass is 404 g/mol. The van der Waals surface area contributed by atoms with Crippen LogP contribution in [-0.2, 0) is 18.2 Å². The molecule has 0 unspecified atom stereocenters. The van der Waals surface area contributed by atoms with Crippen molar-refractivity contribution in [1.82, 2.24) is 9.55 Å². The van der Waals surface area contributed by atoms with Crippen LogP contribution in [0.5, 0.6) is 0 Å². The largest absolute Gasteiger partial charge is 0.461 e. The SMILES string of the molecule is [C-]#[N+]c1c(-c2ccc(-c3ncccc3[N+](=O)[O-])cc2)c(C(=O)OCC)n(C)c1CC. The van der Waals surface area contributed by atoms with Gasteiger partial charge in [-0.05, 0) is 25.0 Å². The molecule has 0 bridgehead atoms. The molecule has 152 valence electrons. The van der Waals surface area contributed by atoms with E-state index in [1.165, 1.54) is 18.3 Å². The van der Waals surface area contributed by atoms with E-state index in [1.807, 2.05) is 6.92 Å². The number of carbonyl (C=O) groups excluding carboxylic acids is 1. The third-order valence-electron chi connectivity index (χ3n) is 4.83. The molecule has 3 aromatic rings. The average molecular weight is 404 g/mol. The van der Waals surface area contributed by atoms with Crippen LogP contribution in [0, 0.1) is 16.7 Å². The Bertz CT molecular complexity index is 1160. The summed E-state index contributed by atoms with van der Waals surface area (Å²) in [5, 5.41) is 11.3. The van der Waals surface area contributed by atoms with Gasteiger partial charge in [-0.15, -0.1) is 0 Å². The first kappa shape index (κ1) is 20.7. The summed E-state index contributed by atoms with van der Waals surface area (Å²) in [7, 11) is 1.74. The van der Waals surface area contributed by atoms with Crippen molar-refractivity contribution < 1.29 is 14.5 Å². The van der Waals surface area contributed by atoms with E-state index in [0.29, 0.717) is 34.5 Å². The van der Waals surface area contributed by atoms with Gasteiger partial charge in [0, 0.05) is 36.1 Å². The zero-order valence-corrected chi connectivity index (χ0v) is 16.9. The summed E-state index contributed by atoms with van der Waals surface area (Å²) in [4.78, 5) is 31.3. The Hall–Kier alpha value is -3.99. The molecular weight excluding hydrogens is 384 g/mol. The maximum atomic E-state index is 12.6. The molecule has 0 amide bonds. The van der Waals surface area contributed by atoms with Gasteiger partial charge in [0.25, 0.3) is 5.69 Å². The minimum absolute atomic E-state index is 0.0905. The van der Waals surface area contributed by atoms with E-state index in [2.05, 4.69) is 9.83 Å². The number of rotatable bonds is 6. The number of hydrogen-bond donors (Lipinski definition) is 0. The van der Waals surface area contributed by atoms with Gasteiger partial charge in [0.2, 0.25) is 5.69 Å². The Morgan fingerprint density at radius 2 is 1.90 bits per heavy atom. The fraction of sp³-hybridized carbons (Fsp3) is 0.227. The van der Waals surface area contributed by atoms with Crippen LogP contribution in [0.1, 0.15) is 30.0 Å². The molecule has 8 nitrogen and oxygen atoms in total. The van der Waals surface area contributed by atoms with E-state index in [0.717, 1.165) is 5.69 Å². The van der Waals surface area contributed by atoms with Crippen molar-refractivity contribution in [2.24, 2.45) is 7.05 Å². The molecule has 0 spiro atoms. The fourth-order valence-electron chi connectivity index (χ4n) is 3.52. The minimum atomic E-state index is -0.496. The van der Waals surface area contributed by atoms with Crippen LogP contribution in [0.25, 0.3) is 27.2 Å². The van der Waals surface area contributed by atoms with Gasteiger partial charge in [-0.25, -0.2) is 14.6 Å². The van der Waals surface area contributed by atoms with Crippen LogP contribution in [0.15, 0.2) is 42.6 Å². The van der Waals surface area contributed by atoms with Gasteiger partial charge in [0.15, 0.2) is 0 Å². The lowest BCUT2D eigenvalue weighted by molar-refractivity contribution is -0.384. The van der Waals surface area contributed by atoms with Gasteiger partial charge < -0.3 is 9.30 Å². The first-order valence-electron chi connectivity index (χ1n) is 9.40. The van der Waals surface area contributed by atoms with Crippen molar-refractivity contribution in [1.29, 1.82) is 0 Å². The lowest BCUT2D eigenvalue weighted by Gasteiger charge is -2.09. The van der Waals surface area contributed by atoms with Crippen LogP contribution in [-0.4, -0.2) is 27.1 Å². The summed E-state index contributed by atoms with van der Waals surface area (Å²) < 4.78 is 6.92. The quantitative estimate of drug-likeness (QED) is 0.251. The summed E-state index contributed by atoms with van der Waals surface area (Å²) >= 11 is 0. The molecule has 0 N–H and O–H groups in total. The molecule has 1 aromatic carbocycles. The van der Waals surface area contributed by atoms with Gasteiger partial charge in [0.05, 0.1) is 18.1 Å². The zero-order valence-electron chi connectivity index (χ0n) is 16.9. The molecule has 2 heterocycles. The van der Waals surface area contributed by atoms with Crippen molar-refractivity contribution in [2.45, 2.75) is 20.3 Å². The normalized spacial score (nSPS) is 10.5. The number of benzene rings is 1. The number of pyridine rings is 1. The molecule has 2 aromatic heterocycles. The Balaban J connectivity index is 2.17. The van der Waals surface area contributed by atoms with Crippen molar-refractivity contribution in [3.05, 3.63) is 75.5 Å². The second-order valence-corrected chi connectivity index (χ2v) is 6.47. The van der Waals surface area contributed by atoms with Crippen LogP contribution in [0.4, 0.5) is 11.4 Å². The van der Waals surface area contributed by atoms with E-state index in [1.54, 1.807) is 42.8 Å². The summed E-state index contributed by atoms with van der Waals surface area (Å²) in [6.45, 7) is 11.5. The van der Waals surface area contributed by atoms with E-state index in [9.17, 15) is 14.9 Å². The molecule has 3 rings (SSSR count). The fourth-order valence-corrected chi connectivity index (χ4v) is 3.52. The van der Waals surface area contributed by atoms with Crippen molar-refractivity contribution >= 4 is 17.3 Å². The molecule has 30 heavy (non-hydrogen) atoms. The highest BCUT2D eigenvalue weighted by Crippen LogP contribution is 2.40. The summed E-state index contributed by atoms with van der Waals surface area (Å²) in [5.74, 6) is -0.496. The highest BCUT2D eigenvalue weighted by molar-refractivity contribution is 6.01. The maximum Gasteiger partial charge on any atom is 0.354 e. The topological polar surface area (TPSA) is 91.6 Å². The predicted molar refractivity (Wildman–Crippen MR) is 112 cm³/mol. The summed E-state index contributed by atoms with van der Waals surface area (Å²) in [6, 6.07) is 9.79. The van der Waals surface area contributed by atoms with Crippen LogP contribution in [0.2, 0.25) is 0 Å². The van der Waals surface area contributed by atoms with Crippen LogP contribution < -0.4 is 0 Å². The number of carbonyl (C=O) groups is 1. The zero-order chi connectivity index (χ0) is 21.8. The Labute approximate surface area is 173 Å². The summed E-state index contributed by atoms with van der Waals surface area (Å²) in [6.07, 6.45) is 2.08. The van der Waals surface area contributed by atoms with E-state index < -0.39 is 10.9 Å². The number of hydrogen-bond acceptors (Lipinski definition) is 5. The van der Waals surface area contributed by atoms with Gasteiger partial charge in [-0.1, -0.05) is 31.2 Å². The standard InChI is InChI=1S/C22H20N4O4/c1-5-16-20(23-3)18(21(25(16)4)22(27)30-6-2)14-9-11-15(12-10-14)19-17(26(28)29)8-7-13-24-19/h7-13H,5-6H2,1-2,4H3. The highest BCUT2D eigenvalue weighted by atomic mass is 16.6. The summed E-state index contributed by atoms with van der Waals surface area (Å²) in [5.41, 5.74) is 3.36. The van der Waals surface area contributed by atoms with Gasteiger partial charge in [0.1, 0.15) is 11.4 Å². The molecule has 0 radical (unpaired) electrons. The minimum Gasteiger partial charge on any atom is -0.461 e. The van der Waals surface area contributed by atoms with Crippen molar-refractivity contribution in [2.75, 3.05) is 6.61 Å². The van der Waals surface area contributed by atoms with E-state index in [4.69, 9.17) is 11.3 Å². The van der Waals surface area contributed by atoms with Crippen LogP contribution >= 0.6 is 0 Å². The highest BCUT2D eigenvalue weighted by Gasteiger charge is 2.27. The second-order valence-electron chi connectivity index (χ2n) is 6.47. The second kappa shape index (κ2) is 8.57. The molecular formula is C22H20N4O4. The lowest BCUT2D eigenvalue weighted by Crippen LogP contribution is -2.12. The lowest BCUT2D eigenvalue weighted by atomic mass is 10.0. The number of nitrogens with zero attached hydrogens (tertiary/aromatic N) is 4. The first-order valence-corrected chi connectivity index (χ1v) is 9.40. The van der Waals surface area contributed by atoms with Crippen LogP contribution in [0.3, 0.4) is 0 Å². The predicted octanol–water partition coefficient (Wildman–Crippen LogP) is 4.95. The molecule has 0 aliphatic rings. The first-order chi connectivity index (χ1) is 14.4. The average Bonchev–Trinajstić information content (AvgIpc) is 3.05. The number of ether oxygens (including phenoxy) is 1. The van der Waals surface area contributed by atoms with Crippen molar-refractivity contribution in [3.63, 3.8) is 0 Å². The number of nitro groups is 1. The Morgan fingerprint density at radius 1 is 1.23 bits per heavy atom. The Kier molecular flexibility index (Phi) is 5.93.